The molecule has 0 radical (unpaired) electrons. The van der Waals surface area contributed by atoms with Gasteiger partial charge in [0.05, 0.1) is 26.4 Å². The minimum atomic E-state index is -0.505. The Hall–Kier alpha value is -2.25. The first-order valence-corrected chi connectivity index (χ1v) is 10.1. The maximum atomic E-state index is 11.8. The van der Waals surface area contributed by atoms with Gasteiger partial charge >= 0.3 is 5.97 Å². The Kier molecular flexibility index (Phi) is 8.14. The van der Waals surface area contributed by atoms with Crippen LogP contribution in [0.2, 0.25) is 0 Å². The fourth-order valence-corrected chi connectivity index (χ4v) is 3.18. The van der Waals surface area contributed by atoms with Crippen LogP contribution >= 0.6 is 28.1 Å². The molecule has 2 aromatic carbocycles. The third-order valence-electron chi connectivity index (χ3n) is 4.03. The summed E-state index contributed by atoms with van der Waals surface area (Å²) in [7, 11) is 2.97. The average Bonchev–Trinajstić information content (AvgIpc) is 2.86. The Labute approximate surface area is 179 Å². The molecule has 28 heavy (non-hydrogen) atoms. The maximum absolute atomic E-state index is 11.8. The van der Waals surface area contributed by atoms with Gasteiger partial charge in [0.25, 0.3) is 0 Å². The van der Waals surface area contributed by atoms with Crippen LogP contribution in [0.1, 0.15) is 31.4 Å². The van der Waals surface area contributed by atoms with Crippen LogP contribution in [-0.4, -0.2) is 36.9 Å². The number of nitrogens with zero attached hydrogens (tertiary/aromatic N) is 1. The normalized spacial score (nSPS) is 15.1. The van der Waals surface area contributed by atoms with E-state index in [0.717, 1.165) is 27.0 Å². The molecular formula is C21H23BrN2O3S. The summed E-state index contributed by atoms with van der Waals surface area (Å²) in [5, 5.41) is 3.21. The van der Waals surface area contributed by atoms with E-state index in [1.807, 2.05) is 56.3 Å². The second-order valence-electron chi connectivity index (χ2n) is 5.68. The number of ether oxygens (including phenoxy) is 2. The third-order valence-corrected chi connectivity index (χ3v) is 4.94. The van der Waals surface area contributed by atoms with Crippen LogP contribution in [0.5, 0.6) is 5.75 Å². The number of halogens is 1. The predicted molar refractivity (Wildman–Crippen MR) is 121 cm³/mol. The summed E-state index contributed by atoms with van der Waals surface area (Å²) >= 11 is 8.93. The molecule has 1 atom stereocenters. The van der Waals surface area contributed by atoms with Gasteiger partial charge in [0, 0.05) is 21.3 Å². The van der Waals surface area contributed by atoms with Crippen LogP contribution in [0.4, 0.5) is 5.69 Å². The molecule has 0 saturated carbocycles. The fraction of sp³-hybridized carbons (Fsp3) is 0.286. The fourth-order valence-electron chi connectivity index (χ4n) is 2.67. The molecule has 0 aliphatic carbocycles. The molecule has 0 saturated heterocycles. The molecule has 5 nitrogen and oxygen atoms in total. The molecule has 0 fully saturated rings. The molecule has 1 heterocycles. The summed E-state index contributed by atoms with van der Waals surface area (Å²) in [4.78, 5) is 17.1. The van der Waals surface area contributed by atoms with Gasteiger partial charge in [-0.05, 0) is 30.3 Å². The number of carbonyl (C=O) groups is 1. The smallest absolute Gasteiger partial charge is 0.308 e. The van der Waals surface area contributed by atoms with Crippen LogP contribution < -0.4 is 10.1 Å². The van der Waals surface area contributed by atoms with Gasteiger partial charge in [-0.3, -0.25) is 9.79 Å². The average molecular weight is 463 g/mol. The van der Waals surface area contributed by atoms with Crippen molar-refractivity contribution in [1.82, 2.24) is 0 Å². The Morgan fingerprint density at radius 2 is 1.86 bits per heavy atom. The van der Waals surface area contributed by atoms with E-state index in [1.165, 1.54) is 7.11 Å². The first-order valence-electron chi connectivity index (χ1n) is 8.91. The molecular weight excluding hydrogens is 440 g/mol. The number of thiocarbonyl (C=S) groups is 1. The summed E-state index contributed by atoms with van der Waals surface area (Å²) in [5.74, 6) is 0.356. The lowest BCUT2D eigenvalue weighted by molar-refractivity contribution is -0.140. The van der Waals surface area contributed by atoms with Crippen LogP contribution in [0.25, 0.3) is 0 Å². The Morgan fingerprint density at radius 1 is 1.18 bits per heavy atom. The van der Waals surface area contributed by atoms with E-state index < -0.39 is 6.04 Å². The van der Waals surface area contributed by atoms with Crippen LogP contribution in [0.3, 0.4) is 0 Å². The number of fused-ring (bicyclic) bond motifs is 1. The molecule has 148 valence electrons. The van der Waals surface area contributed by atoms with Crippen LogP contribution in [0.15, 0.2) is 51.9 Å². The summed E-state index contributed by atoms with van der Waals surface area (Å²) < 4.78 is 11.1. The lowest BCUT2D eigenvalue weighted by Gasteiger charge is -2.12. The standard InChI is InChI=1S/C19H17BrN2O3S.C2H6/c1-24-13-7-8-15-14(9-13)18(11-3-5-12(20)6-4-11)21-16(19(26)22-15)10-17(23)25-2;1-2/h3-9,16H,10H2,1-2H3,(H,22,26);1-2H3/t16-;/m0./s1. The van der Waals surface area contributed by atoms with Gasteiger partial charge in [-0.15, -0.1) is 0 Å². The number of hydrogen-bond acceptors (Lipinski definition) is 5. The van der Waals surface area contributed by atoms with Crippen LogP contribution in [-0.2, 0) is 9.53 Å². The minimum Gasteiger partial charge on any atom is -0.497 e. The van der Waals surface area contributed by atoms with Gasteiger partial charge in [0.15, 0.2) is 0 Å². The zero-order valence-electron chi connectivity index (χ0n) is 16.3. The highest BCUT2D eigenvalue weighted by Crippen LogP contribution is 2.29. The van der Waals surface area contributed by atoms with Gasteiger partial charge in [-0.1, -0.05) is 54.1 Å². The summed E-state index contributed by atoms with van der Waals surface area (Å²) in [6.45, 7) is 4.00. The number of nitrogens with one attached hydrogen (secondary N) is 1. The van der Waals surface area contributed by atoms with Crippen molar-refractivity contribution in [3.63, 3.8) is 0 Å². The highest BCUT2D eigenvalue weighted by atomic mass is 79.9. The number of rotatable bonds is 4. The number of anilines is 1. The molecule has 1 aliphatic rings. The predicted octanol–water partition coefficient (Wildman–Crippen LogP) is 5.01. The molecule has 0 spiro atoms. The molecule has 1 N–H and O–H groups in total. The number of hydrogen-bond donors (Lipinski definition) is 1. The van der Waals surface area contributed by atoms with Gasteiger partial charge in [-0.25, -0.2) is 0 Å². The number of methoxy groups -OCH3 is 2. The van der Waals surface area contributed by atoms with E-state index in [4.69, 9.17) is 26.7 Å². The topological polar surface area (TPSA) is 59.9 Å². The largest absolute Gasteiger partial charge is 0.497 e. The number of benzene rings is 2. The van der Waals surface area contributed by atoms with Crippen molar-refractivity contribution >= 4 is 50.5 Å². The van der Waals surface area contributed by atoms with E-state index >= 15 is 0 Å². The Bertz CT molecular complexity index is 882. The van der Waals surface area contributed by atoms with Gasteiger partial charge in [-0.2, -0.15) is 0 Å². The molecule has 1 aliphatic heterocycles. The lowest BCUT2D eigenvalue weighted by atomic mass is 10.00. The summed E-state index contributed by atoms with van der Waals surface area (Å²) in [5.41, 5.74) is 3.35. The SMILES string of the molecule is CC.COC(=O)C[C@@H]1N=C(c2ccc(Br)cc2)c2cc(OC)ccc2NC1=S. The lowest BCUT2D eigenvalue weighted by Crippen LogP contribution is -2.26. The second kappa shape index (κ2) is 10.3. The number of aliphatic imine (C=N–C) groups is 1. The monoisotopic (exact) mass is 462 g/mol. The second-order valence-corrected chi connectivity index (χ2v) is 7.04. The molecule has 0 bridgehead atoms. The molecule has 2 aromatic rings. The third kappa shape index (κ3) is 5.17. The van der Waals surface area contributed by atoms with Gasteiger partial charge in [0.1, 0.15) is 16.8 Å². The number of benzodiazepines with no additional fused rings is 1. The van der Waals surface area contributed by atoms with E-state index in [-0.39, 0.29) is 12.4 Å². The van der Waals surface area contributed by atoms with Crippen molar-refractivity contribution in [2.24, 2.45) is 4.99 Å². The van der Waals surface area contributed by atoms with Crippen molar-refractivity contribution in [3.05, 3.63) is 58.1 Å². The minimum absolute atomic E-state index is 0.0769. The van der Waals surface area contributed by atoms with E-state index in [0.29, 0.717) is 10.7 Å². The zero-order chi connectivity index (χ0) is 20.7. The van der Waals surface area contributed by atoms with Gasteiger partial charge < -0.3 is 14.8 Å². The van der Waals surface area contributed by atoms with Gasteiger partial charge in [0.2, 0.25) is 0 Å². The summed E-state index contributed by atoms with van der Waals surface area (Å²) in [6, 6.07) is 13.0. The highest BCUT2D eigenvalue weighted by Gasteiger charge is 2.26. The first-order chi connectivity index (χ1) is 13.5. The number of carbonyl (C=O) groups excluding carboxylic acids is 1. The Balaban J connectivity index is 0.00000136. The molecule has 7 heteroatoms. The van der Waals surface area contributed by atoms with Crippen LogP contribution in [0, 0.1) is 0 Å². The summed E-state index contributed by atoms with van der Waals surface area (Å²) in [6.07, 6.45) is 0.0769. The first kappa shape index (κ1) is 22.0. The van der Waals surface area contributed by atoms with Crippen molar-refractivity contribution < 1.29 is 14.3 Å². The van der Waals surface area contributed by atoms with E-state index in [1.54, 1.807) is 7.11 Å². The molecule has 3 rings (SSSR count). The van der Waals surface area contributed by atoms with Crippen molar-refractivity contribution in [1.29, 1.82) is 0 Å². The Morgan fingerprint density at radius 3 is 2.46 bits per heavy atom. The molecule has 0 amide bonds. The zero-order valence-corrected chi connectivity index (χ0v) is 18.7. The molecule has 0 unspecified atom stereocenters. The van der Waals surface area contributed by atoms with Crippen molar-refractivity contribution in [2.75, 3.05) is 19.5 Å². The maximum Gasteiger partial charge on any atom is 0.308 e. The molecule has 0 aromatic heterocycles. The number of esters is 1. The van der Waals surface area contributed by atoms with E-state index in [2.05, 4.69) is 21.2 Å². The quantitative estimate of drug-likeness (QED) is 0.511. The van der Waals surface area contributed by atoms with Crippen molar-refractivity contribution in [3.8, 4) is 5.75 Å². The highest BCUT2D eigenvalue weighted by molar-refractivity contribution is 9.10. The van der Waals surface area contributed by atoms with E-state index in [9.17, 15) is 4.79 Å². The van der Waals surface area contributed by atoms with Crippen molar-refractivity contribution in [2.45, 2.75) is 26.3 Å².